The van der Waals surface area contributed by atoms with E-state index >= 15 is 0 Å². The number of hydrogen-bond acceptors (Lipinski definition) is 5. The van der Waals surface area contributed by atoms with Crippen LogP contribution in [0.15, 0.2) is 24.3 Å². The second kappa shape index (κ2) is 9.74. The van der Waals surface area contributed by atoms with Gasteiger partial charge in [0.15, 0.2) is 0 Å². The van der Waals surface area contributed by atoms with Gasteiger partial charge in [-0.3, -0.25) is 19.4 Å². The average molecular weight is 373 g/mol. The maximum absolute atomic E-state index is 12.0. The first kappa shape index (κ1) is 19.7. The first-order valence-electron chi connectivity index (χ1n) is 10.1. The van der Waals surface area contributed by atoms with Crippen molar-refractivity contribution in [1.82, 2.24) is 9.80 Å². The minimum absolute atomic E-state index is 0.0166. The number of anilines is 1. The van der Waals surface area contributed by atoms with Gasteiger partial charge in [-0.25, -0.2) is 0 Å². The number of nitrogens with zero attached hydrogens (tertiary/aromatic N) is 3. The summed E-state index contributed by atoms with van der Waals surface area (Å²) in [6.45, 7) is 5.64. The van der Waals surface area contributed by atoms with Crippen molar-refractivity contribution in [1.29, 1.82) is 0 Å². The van der Waals surface area contributed by atoms with Gasteiger partial charge >= 0.3 is 0 Å². The highest BCUT2D eigenvalue weighted by molar-refractivity contribution is 5.95. The number of piperazine rings is 1. The molecule has 2 saturated heterocycles. The Labute approximate surface area is 162 Å². The number of benzene rings is 1. The molecule has 2 fully saturated rings. The molecule has 2 aliphatic rings. The van der Waals surface area contributed by atoms with E-state index in [4.69, 9.17) is 4.74 Å². The maximum atomic E-state index is 12.0. The van der Waals surface area contributed by atoms with E-state index in [-0.39, 0.29) is 11.8 Å². The van der Waals surface area contributed by atoms with Crippen molar-refractivity contribution < 1.29 is 14.3 Å². The van der Waals surface area contributed by atoms with Crippen LogP contribution in [-0.2, 0) is 9.59 Å². The number of likely N-dealkylation sites (tertiary alicyclic amines) is 1. The van der Waals surface area contributed by atoms with Crippen molar-refractivity contribution in [2.45, 2.75) is 38.5 Å². The van der Waals surface area contributed by atoms with Crippen molar-refractivity contribution >= 4 is 17.5 Å². The molecule has 6 heteroatoms. The zero-order chi connectivity index (χ0) is 19.1. The van der Waals surface area contributed by atoms with Gasteiger partial charge in [-0.05, 0) is 44.4 Å². The van der Waals surface area contributed by atoms with Crippen molar-refractivity contribution in [2.75, 3.05) is 51.3 Å². The van der Waals surface area contributed by atoms with Crippen molar-refractivity contribution in [2.24, 2.45) is 0 Å². The molecule has 0 atom stereocenters. The number of rotatable bonds is 7. The summed E-state index contributed by atoms with van der Waals surface area (Å²) in [6.07, 6.45) is 4.65. The van der Waals surface area contributed by atoms with E-state index in [9.17, 15) is 9.59 Å². The highest BCUT2D eigenvalue weighted by Crippen LogP contribution is 2.28. The summed E-state index contributed by atoms with van der Waals surface area (Å²) in [6, 6.07) is 8.17. The lowest BCUT2D eigenvalue weighted by Crippen LogP contribution is -2.46. The minimum Gasteiger partial charge on any atom is -0.495 e. The van der Waals surface area contributed by atoms with E-state index in [2.05, 4.69) is 21.9 Å². The first-order chi connectivity index (χ1) is 13.2. The van der Waals surface area contributed by atoms with Crippen LogP contribution in [0.1, 0.15) is 38.5 Å². The fourth-order valence-electron chi connectivity index (χ4n) is 3.92. The van der Waals surface area contributed by atoms with Crippen LogP contribution >= 0.6 is 0 Å². The van der Waals surface area contributed by atoms with E-state index in [0.717, 1.165) is 69.8 Å². The van der Waals surface area contributed by atoms with Gasteiger partial charge in [0, 0.05) is 45.6 Å². The zero-order valence-corrected chi connectivity index (χ0v) is 16.4. The highest BCUT2D eigenvalue weighted by Gasteiger charge is 2.23. The number of unbranched alkanes of at least 4 members (excludes halogenated alkanes) is 1. The second-order valence-corrected chi connectivity index (χ2v) is 7.35. The van der Waals surface area contributed by atoms with Crippen LogP contribution in [0.3, 0.4) is 0 Å². The quantitative estimate of drug-likeness (QED) is 0.543. The molecule has 1 aromatic carbocycles. The monoisotopic (exact) mass is 373 g/mol. The van der Waals surface area contributed by atoms with E-state index < -0.39 is 0 Å². The van der Waals surface area contributed by atoms with Gasteiger partial charge in [0.05, 0.1) is 12.8 Å². The zero-order valence-electron chi connectivity index (χ0n) is 16.4. The number of imide groups is 1. The number of hydrogen-bond donors (Lipinski definition) is 0. The molecule has 27 heavy (non-hydrogen) atoms. The van der Waals surface area contributed by atoms with Crippen LogP contribution in [0.4, 0.5) is 5.69 Å². The fourth-order valence-corrected chi connectivity index (χ4v) is 3.92. The predicted octanol–water partition coefficient (Wildman–Crippen LogP) is 2.53. The molecule has 0 aliphatic carbocycles. The molecule has 1 aromatic rings. The largest absolute Gasteiger partial charge is 0.495 e. The molecular weight excluding hydrogens is 342 g/mol. The summed E-state index contributed by atoms with van der Waals surface area (Å²) in [5, 5.41) is 0. The van der Waals surface area contributed by atoms with Crippen LogP contribution in [-0.4, -0.2) is 68.0 Å². The van der Waals surface area contributed by atoms with E-state index in [1.165, 1.54) is 4.90 Å². The number of ether oxygens (including phenoxy) is 1. The Morgan fingerprint density at radius 2 is 1.52 bits per heavy atom. The van der Waals surface area contributed by atoms with Crippen LogP contribution in [0.5, 0.6) is 5.75 Å². The Balaban J connectivity index is 1.38. The summed E-state index contributed by atoms with van der Waals surface area (Å²) in [4.78, 5) is 30.4. The summed E-state index contributed by atoms with van der Waals surface area (Å²) >= 11 is 0. The van der Waals surface area contributed by atoms with Crippen LogP contribution in [0.25, 0.3) is 0 Å². The molecule has 0 unspecified atom stereocenters. The molecule has 0 spiro atoms. The minimum atomic E-state index is 0.0166. The number of carbonyl (C=O) groups is 2. The van der Waals surface area contributed by atoms with Gasteiger partial charge in [-0.2, -0.15) is 0 Å². The molecule has 0 aromatic heterocycles. The molecule has 0 radical (unpaired) electrons. The summed E-state index contributed by atoms with van der Waals surface area (Å²) in [5.41, 5.74) is 1.16. The molecule has 0 N–H and O–H groups in total. The van der Waals surface area contributed by atoms with Crippen molar-refractivity contribution in [3.63, 3.8) is 0 Å². The SMILES string of the molecule is COc1ccccc1N1CCN(CCCCN2C(=O)CCCCC2=O)CC1. The molecule has 0 bridgehead atoms. The third kappa shape index (κ3) is 5.22. The van der Waals surface area contributed by atoms with E-state index in [1.54, 1.807) is 7.11 Å². The van der Waals surface area contributed by atoms with Gasteiger partial charge in [-0.1, -0.05) is 12.1 Å². The Morgan fingerprint density at radius 3 is 2.19 bits per heavy atom. The van der Waals surface area contributed by atoms with Crippen LogP contribution in [0, 0.1) is 0 Å². The normalized spacial score (nSPS) is 19.3. The highest BCUT2D eigenvalue weighted by atomic mass is 16.5. The number of amides is 2. The maximum Gasteiger partial charge on any atom is 0.229 e. The van der Waals surface area contributed by atoms with Gasteiger partial charge in [0.1, 0.15) is 5.75 Å². The standard InChI is InChI=1S/C21H31N3O3/c1-27-19-9-3-2-8-18(19)23-16-14-22(15-17-23)12-6-7-13-24-20(25)10-4-5-11-21(24)26/h2-3,8-9H,4-7,10-17H2,1H3. The molecule has 0 saturated carbocycles. The number of methoxy groups -OCH3 is 1. The molecule has 6 nitrogen and oxygen atoms in total. The second-order valence-electron chi connectivity index (χ2n) is 7.35. The lowest BCUT2D eigenvalue weighted by Gasteiger charge is -2.36. The van der Waals surface area contributed by atoms with Crippen molar-refractivity contribution in [3.05, 3.63) is 24.3 Å². The summed E-state index contributed by atoms with van der Waals surface area (Å²) in [7, 11) is 1.72. The van der Waals surface area contributed by atoms with Crippen LogP contribution in [0.2, 0.25) is 0 Å². The molecule has 148 valence electrons. The topological polar surface area (TPSA) is 53.1 Å². The van der Waals surface area contributed by atoms with Crippen molar-refractivity contribution in [3.8, 4) is 5.75 Å². The lowest BCUT2D eigenvalue weighted by atomic mass is 10.2. The Kier molecular flexibility index (Phi) is 7.10. The fraction of sp³-hybridized carbons (Fsp3) is 0.619. The molecule has 2 amide bonds. The van der Waals surface area contributed by atoms with E-state index in [0.29, 0.717) is 19.4 Å². The third-order valence-corrected chi connectivity index (χ3v) is 5.54. The van der Waals surface area contributed by atoms with Gasteiger partial charge in [0.2, 0.25) is 11.8 Å². The number of para-hydroxylation sites is 2. The Morgan fingerprint density at radius 1 is 0.889 bits per heavy atom. The molecule has 2 aliphatic heterocycles. The first-order valence-corrected chi connectivity index (χ1v) is 10.1. The van der Waals surface area contributed by atoms with Gasteiger partial charge in [-0.15, -0.1) is 0 Å². The third-order valence-electron chi connectivity index (χ3n) is 5.54. The summed E-state index contributed by atoms with van der Waals surface area (Å²) < 4.78 is 5.47. The average Bonchev–Trinajstić information content (AvgIpc) is 2.86. The Bertz CT molecular complexity index is 623. The van der Waals surface area contributed by atoms with E-state index in [1.807, 2.05) is 12.1 Å². The summed E-state index contributed by atoms with van der Waals surface area (Å²) in [5.74, 6) is 0.962. The predicted molar refractivity (Wildman–Crippen MR) is 106 cm³/mol. The number of carbonyl (C=O) groups excluding carboxylic acids is 2. The lowest BCUT2D eigenvalue weighted by molar-refractivity contribution is -0.143. The molecule has 3 rings (SSSR count). The smallest absolute Gasteiger partial charge is 0.229 e. The van der Waals surface area contributed by atoms with Gasteiger partial charge < -0.3 is 9.64 Å². The Hall–Kier alpha value is -2.08. The molecule has 2 heterocycles. The van der Waals surface area contributed by atoms with Crippen LogP contribution < -0.4 is 9.64 Å². The van der Waals surface area contributed by atoms with Gasteiger partial charge in [0.25, 0.3) is 0 Å². The molecular formula is C21H31N3O3.